The zero-order chi connectivity index (χ0) is 53.8. The van der Waals surface area contributed by atoms with Crippen molar-refractivity contribution in [2.75, 3.05) is 60.4 Å². The van der Waals surface area contributed by atoms with Gasteiger partial charge in [-0.3, -0.25) is 19.2 Å². The maximum absolute atomic E-state index is 14.5. The first-order chi connectivity index (χ1) is 34.8. The molecular weight excluding hydrogens is 943 g/mol. The smallest absolute Gasteiger partial charge is 0.329 e. The first-order valence-corrected chi connectivity index (χ1v) is 26.8. The summed E-state index contributed by atoms with van der Waals surface area (Å²) in [6, 6.07) is -1.17. The predicted octanol–water partition coefficient (Wildman–Crippen LogP) is 5.58. The van der Waals surface area contributed by atoms with E-state index in [4.69, 9.17) is 33.2 Å². The van der Waals surface area contributed by atoms with Gasteiger partial charge in [0.25, 0.3) is 11.7 Å². The third-order valence-electron chi connectivity index (χ3n) is 15.4. The van der Waals surface area contributed by atoms with Gasteiger partial charge in [0.15, 0.2) is 5.78 Å². The summed E-state index contributed by atoms with van der Waals surface area (Å²) >= 11 is 0. The SMILES string of the molecule is CO[C@@H]1C[C@H](C[C@@H](C)[C@@H]2CC(=O)[C@H](C)/C=C(\C)[C@@H](O)[C@@H](OC)C(=O)[C@H](C)C[C@H](C)/C=C/C=C/C=C(\C)[C@H](OCCOCCO)C[C@@H]3CC[C@@H](C)[C@@](O)(O3)C(=O)C(=O)N3CCCC[C@H]3C(=O)O2)CC[C@H]1OCCO. The lowest BCUT2D eigenvalue weighted by Gasteiger charge is -2.43. The van der Waals surface area contributed by atoms with Crippen LogP contribution >= 0.6 is 0 Å². The summed E-state index contributed by atoms with van der Waals surface area (Å²) in [5, 5.41) is 42.2. The molecule has 73 heavy (non-hydrogen) atoms. The van der Waals surface area contributed by atoms with Gasteiger partial charge < -0.3 is 58.5 Å². The van der Waals surface area contributed by atoms with Crippen molar-refractivity contribution >= 4 is 29.2 Å². The summed E-state index contributed by atoms with van der Waals surface area (Å²) in [6.07, 6.45) is 11.3. The first kappa shape index (κ1) is 62.1. The molecule has 3 fully saturated rings. The number of fused-ring (bicyclic) bond motifs is 3. The Balaban J connectivity index is 1.71. The molecule has 0 aromatic rings. The van der Waals surface area contributed by atoms with Crippen LogP contribution in [0.3, 0.4) is 0 Å². The third-order valence-corrected chi connectivity index (χ3v) is 15.4. The molecule has 17 nitrogen and oxygen atoms in total. The van der Waals surface area contributed by atoms with Crippen LogP contribution in [0.4, 0.5) is 0 Å². The molecule has 0 spiro atoms. The molecule has 1 amide bonds. The molecular formula is C56H89NO16. The van der Waals surface area contributed by atoms with Crippen LogP contribution in [0.1, 0.15) is 126 Å². The lowest BCUT2D eigenvalue weighted by molar-refractivity contribution is -0.266. The van der Waals surface area contributed by atoms with Gasteiger partial charge in [0.1, 0.15) is 30.1 Å². The Kier molecular flexibility index (Phi) is 26.3. The second-order valence-electron chi connectivity index (χ2n) is 21.1. The summed E-state index contributed by atoms with van der Waals surface area (Å²) in [5.41, 5.74) is 1.19. The van der Waals surface area contributed by atoms with Crippen molar-refractivity contribution in [3.63, 3.8) is 0 Å². The van der Waals surface area contributed by atoms with Gasteiger partial charge in [-0.2, -0.15) is 0 Å². The number of hydrogen-bond donors (Lipinski definition) is 4. The topological polar surface area (TPSA) is 234 Å². The Morgan fingerprint density at radius 3 is 2.25 bits per heavy atom. The van der Waals surface area contributed by atoms with Crippen LogP contribution in [0.15, 0.2) is 47.6 Å². The molecule has 1 saturated carbocycles. The molecule has 4 N–H and O–H groups in total. The first-order valence-electron chi connectivity index (χ1n) is 26.8. The number of rotatable bonds is 14. The van der Waals surface area contributed by atoms with Gasteiger partial charge in [0.2, 0.25) is 5.79 Å². The van der Waals surface area contributed by atoms with E-state index in [1.807, 2.05) is 51.2 Å². The minimum atomic E-state index is -2.49. The van der Waals surface area contributed by atoms with Gasteiger partial charge in [-0.25, -0.2) is 4.79 Å². The number of amides is 1. The maximum Gasteiger partial charge on any atom is 0.329 e. The average molecular weight is 1030 g/mol. The van der Waals surface area contributed by atoms with Crippen LogP contribution in [0.25, 0.3) is 0 Å². The number of ketones is 3. The number of piperidine rings is 1. The molecule has 4 rings (SSSR count). The molecule has 2 bridgehead atoms. The number of ether oxygens (including phenoxy) is 7. The summed E-state index contributed by atoms with van der Waals surface area (Å²) in [4.78, 5) is 72.6. The monoisotopic (exact) mass is 1030 g/mol. The Morgan fingerprint density at radius 2 is 1.55 bits per heavy atom. The van der Waals surface area contributed by atoms with Crippen molar-refractivity contribution in [3.05, 3.63) is 47.6 Å². The molecule has 0 unspecified atom stereocenters. The van der Waals surface area contributed by atoms with E-state index in [9.17, 15) is 44.4 Å². The number of nitrogens with zero attached hydrogens (tertiary/aromatic N) is 1. The number of Topliss-reactive ketones (excluding diaryl/α,β-unsaturated/α-hetero) is 3. The largest absolute Gasteiger partial charge is 0.460 e. The zero-order valence-electron chi connectivity index (χ0n) is 45.1. The van der Waals surface area contributed by atoms with Crippen molar-refractivity contribution in [3.8, 4) is 0 Å². The highest BCUT2D eigenvalue weighted by molar-refractivity contribution is 6.39. The number of carbonyl (C=O) groups excluding carboxylic acids is 5. The summed E-state index contributed by atoms with van der Waals surface area (Å²) < 4.78 is 41.6. The number of methoxy groups -OCH3 is 2. The second-order valence-corrected chi connectivity index (χ2v) is 21.1. The highest BCUT2D eigenvalue weighted by atomic mass is 16.6. The Hall–Kier alpha value is -3.49. The lowest BCUT2D eigenvalue weighted by atomic mass is 9.78. The summed E-state index contributed by atoms with van der Waals surface area (Å²) in [5.74, 6) is -8.28. The van der Waals surface area contributed by atoms with E-state index in [0.29, 0.717) is 56.9 Å². The predicted molar refractivity (Wildman–Crippen MR) is 273 cm³/mol. The number of allylic oxidation sites excluding steroid dienone is 6. The van der Waals surface area contributed by atoms with Crippen LogP contribution in [0.5, 0.6) is 0 Å². The van der Waals surface area contributed by atoms with Gasteiger partial charge in [0, 0.05) is 51.4 Å². The number of aliphatic hydroxyl groups excluding tert-OH is 3. The number of cyclic esters (lactones) is 1. The van der Waals surface area contributed by atoms with Gasteiger partial charge >= 0.3 is 5.97 Å². The van der Waals surface area contributed by atoms with Gasteiger partial charge in [-0.05, 0) is 107 Å². The molecule has 3 heterocycles. The van der Waals surface area contributed by atoms with E-state index < -0.39 is 77.8 Å². The molecule has 3 aliphatic heterocycles. The van der Waals surface area contributed by atoms with Crippen molar-refractivity contribution in [1.29, 1.82) is 0 Å². The molecule has 0 radical (unpaired) electrons. The standard InChI is InChI=1S/C56H89NO16/c1-35-15-11-10-12-16-36(2)47(71-28-27-69-25-23-58)33-43-20-18-41(7)56(66,73-43)53(63)54(64)57-22-14-13-17-44(57)55(65)72-48(38(4)31-42-19-21-46(70-26-24-59)49(32-42)67-8)34-45(60)37(3)30-40(6)51(62)52(68-9)50(61)39(5)29-35/h10-12,15-16,30,35,37-39,41-44,46-49,51-52,58-59,62,66H,13-14,17-29,31-34H2,1-9H3/b12-10+,15-11+,36-16+,40-30+/t35-,37-,38-,39-,41-,42+,43+,44+,46-,47-,48+,49-,51-,52+,56-/m1/s1. The molecule has 4 aliphatic rings. The molecule has 17 heteroatoms. The van der Waals surface area contributed by atoms with Crippen LogP contribution in [-0.4, -0.2) is 170 Å². The normalized spacial score (nSPS) is 37.3. The van der Waals surface area contributed by atoms with Gasteiger partial charge in [-0.1, -0.05) is 71.1 Å². The molecule has 15 atom stereocenters. The van der Waals surface area contributed by atoms with Crippen molar-refractivity contribution in [2.24, 2.45) is 35.5 Å². The van der Waals surface area contributed by atoms with Crippen LogP contribution in [0, 0.1) is 35.5 Å². The van der Waals surface area contributed by atoms with Crippen molar-refractivity contribution in [2.45, 2.75) is 180 Å². The highest BCUT2D eigenvalue weighted by Gasteiger charge is 2.53. The molecule has 2 saturated heterocycles. The van der Waals surface area contributed by atoms with Crippen molar-refractivity contribution < 1.29 is 77.6 Å². The fraction of sp³-hybridized carbons (Fsp3) is 0.768. The quantitative estimate of drug-likeness (QED) is 0.0720. The highest BCUT2D eigenvalue weighted by Crippen LogP contribution is 2.38. The molecule has 1 aliphatic carbocycles. The minimum Gasteiger partial charge on any atom is -0.460 e. The Morgan fingerprint density at radius 1 is 0.808 bits per heavy atom. The second kappa shape index (κ2) is 30.9. The molecule has 414 valence electrons. The summed E-state index contributed by atoms with van der Waals surface area (Å²) in [7, 11) is 3.00. The van der Waals surface area contributed by atoms with E-state index in [-0.39, 0.29) is 107 Å². The fourth-order valence-electron chi connectivity index (χ4n) is 10.8. The lowest BCUT2D eigenvalue weighted by Crippen LogP contribution is -2.61. The van der Waals surface area contributed by atoms with Gasteiger partial charge in [0.05, 0.1) is 64.1 Å². The number of esters is 1. The van der Waals surface area contributed by atoms with Crippen LogP contribution in [-0.2, 0) is 57.1 Å². The van der Waals surface area contributed by atoms with E-state index >= 15 is 0 Å². The average Bonchev–Trinajstić information content (AvgIpc) is 3.37. The number of carbonyl (C=O) groups is 5. The third kappa shape index (κ3) is 18.1. The van der Waals surface area contributed by atoms with Crippen LogP contribution < -0.4 is 0 Å². The Labute approximate surface area is 434 Å². The van der Waals surface area contributed by atoms with E-state index in [0.717, 1.165) is 12.0 Å². The fourth-order valence-corrected chi connectivity index (χ4v) is 10.8. The van der Waals surface area contributed by atoms with Crippen molar-refractivity contribution in [1.82, 2.24) is 4.90 Å². The number of hydrogen-bond acceptors (Lipinski definition) is 16. The summed E-state index contributed by atoms with van der Waals surface area (Å²) in [6.45, 7) is 13.2. The zero-order valence-corrected chi connectivity index (χ0v) is 45.1. The van der Waals surface area contributed by atoms with Crippen LogP contribution in [0.2, 0.25) is 0 Å². The maximum atomic E-state index is 14.5. The molecule has 0 aromatic carbocycles. The molecule has 0 aromatic heterocycles. The van der Waals surface area contributed by atoms with E-state index in [1.54, 1.807) is 40.9 Å². The van der Waals surface area contributed by atoms with Gasteiger partial charge in [-0.15, -0.1) is 0 Å². The number of aliphatic hydroxyl groups is 4. The van der Waals surface area contributed by atoms with E-state index in [1.165, 1.54) is 12.0 Å². The Bertz CT molecular complexity index is 1900. The van der Waals surface area contributed by atoms with E-state index in [2.05, 4.69) is 0 Å². The minimum absolute atomic E-state index is 0.0182.